The summed E-state index contributed by atoms with van der Waals surface area (Å²) in [7, 11) is 1.37. The minimum Gasteiger partial charge on any atom is -0.468 e. The second-order valence-electron chi connectivity index (χ2n) is 5.11. The molecule has 1 aromatic rings. The van der Waals surface area contributed by atoms with Crippen molar-refractivity contribution >= 4 is 17.6 Å². The van der Waals surface area contributed by atoms with Gasteiger partial charge < -0.3 is 9.84 Å². The molecule has 1 heterocycles. The van der Waals surface area contributed by atoms with Crippen LogP contribution in [-0.4, -0.2) is 30.3 Å². The Hall–Kier alpha value is -1.10. The summed E-state index contributed by atoms with van der Waals surface area (Å²) in [5.41, 5.74) is 0.113. The standard InChI is InChI=1S/C14H18ClNO3/c1-14(13(18)19-2)7-9(8-17)12(16-14)10-5-3-4-6-11(10)15/h3-6,9,12,16-17H,7-8H2,1-2H3/t9-,12+,14+/m1/s1. The van der Waals surface area contributed by atoms with Gasteiger partial charge in [0.25, 0.3) is 0 Å². The van der Waals surface area contributed by atoms with Crippen LogP contribution in [0.3, 0.4) is 0 Å². The number of halogens is 1. The van der Waals surface area contributed by atoms with Gasteiger partial charge in [0, 0.05) is 23.6 Å². The number of rotatable bonds is 3. The predicted octanol–water partition coefficient (Wildman–Crippen LogP) is 1.91. The molecule has 5 heteroatoms. The van der Waals surface area contributed by atoms with Gasteiger partial charge in [-0.05, 0) is 25.0 Å². The highest BCUT2D eigenvalue weighted by atomic mass is 35.5. The first kappa shape index (κ1) is 14.3. The Morgan fingerprint density at radius 2 is 2.26 bits per heavy atom. The Morgan fingerprint density at radius 1 is 1.58 bits per heavy atom. The maximum atomic E-state index is 11.9. The van der Waals surface area contributed by atoms with Crippen LogP contribution in [0.2, 0.25) is 5.02 Å². The first-order valence-corrected chi connectivity index (χ1v) is 6.61. The number of methoxy groups -OCH3 is 1. The fraction of sp³-hybridized carbons (Fsp3) is 0.500. The van der Waals surface area contributed by atoms with Crippen molar-refractivity contribution in [2.24, 2.45) is 5.92 Å². The molecule has 3 atom stereocenters. The van der Waals surface area contributed by atoms with Crippen LogP contribution in [0.5, 0.6) is 0 Å². The molecule has 0 saturated carbocycles. The van der Waals surface area contributed by atoms with Crippen molar-refractivity contribution in [3.8, 4) is 0 Å². The number of aliphatic hydroxyl groups is 1. The number of hydrogen-bond acceptors (Lipinski definition) is 4. The summed E-state index contributed by atoms with van der Waals surface area (Å²) in [5.74, 6) is -0.385. The fourth-order valence-corrected chi connectivity index (χ4v) is 3.01. The molecule has 2 rings (SSSR count). The highest BCUT2D eigenvalue weighted by Gasteiger charge is 2.47. The van der Waals surface area contributed by atoms with E-state index in [2.05, 4.69) is 5.32 Å². The van der Waals surface area contributed by atoms with Crippen LogP contribution in [0, 0.1) is 5.92 Å². The quantitative estimate of drug-likeness (QED) is 0.832. The van der Waals surface area contributed by atoms with Crippen molar-refractivity contribution in [1.82, 2.24) is 5.32 Å². The van der Waals surface area contributed by atoms with E-state index < -0.39 is 5.54 Å². The molecule has 19 heavy (non-hydrogen) atoms. The fourth-order valence-electron chi connectivity index (χ4n) is 2.76. The van der Waals surface area contributed by atoms with Crippen molar-refractivity contribution in [3.05, 3.63) is 34.9 Å². The molecular formula is C14H18ClNO3. The van der Waals surface area contributed by atoms with Gasteiger partial charge in [0.05, 0.1) is 7.11 Å². The second kappa shape index (κ2) is 5.49. The van der Waals surface area contributed by atoms with Gasteiger partial charge in [-0.3, -0.25) is 10.1 Å². The SMILES string of the molecule is COC(=O)[C@]1(C)C[C@H](CO)[C@@H](c2ccccc2Cl)N1. The van der Waals surface area contributed by atoms with Crippen LogP contribution in [0.15, 0.2) is 24.3 Å². The monoisotopic (exact) mass is 283 g/mol. The van der Waals surface area contributed by atoms with E-state index in [1.807, 2.05) is 18.2 Å². The van der Waals surface area contributed by atoms with Crippen LogP contribution in [0.1, 0.15) is 24.9 Å². The minimum absolute atomic E-state index is 0.00449. The summed E-state index contributed by atoms with van der Waals surface area (Å²) in [4.78, 5) is 11.9. The summed E-state index contributed by atoms with van der Waals surface area (Å²) in [6, 6.07) is 7.31. The van der Waals surface area contributed by atoms with E-state index in [1.165, 1.54) is 7.11 Å². The number of carbonyl (C=O) groups is 1. The summed E-state index contributed by atoms with van der Waals surface area (Å²) in [5, 5.41) is 13.4. The lowest BCUT2D eigenvalue weighted by atomic mass is 9.91. The third-order valence-corrected chi connectivity index (χ3v) is 4.07. The van der Waals surface area contributed by atoms with E-state index >= 15 is 0 Å². The van der Waals surface area contributed by atoms with Crippen LogP contribution in [0.25, 0.3) is 0 Å². The van der Waals surface area contributed by atoms with Gasteiger partial charge in [-0.25, -0.2) is 0 Å². The van der Waals surface area contributed by atoms with Crippen molar-refractivity contribution in [1.29, 1.82) is 0 Å². The Bertz CT molecular complexity index is 480. The minimum atomic E-state index is -0.786. The molecule has 0 bridgehead atoms. The Balaban J connectivity index is 2.31. The maximum absolute atomic E-state index is 11.9. The predicted molar refractivity (Wildman–Crippen MR) is 72.9 cm³/mol. The van der Waals surface area contributed by atoms with Crippen LogP contribution in [0.4, 0.5) is 0 Å². The normalized spacial score (nSPS) is 30.3. The Morgan fingerprint density at radius 3 is 2.84 bits per heavy atom. The zero-order chi connectivity index (χ0) is 14.0. The summed E-state index contributed by atoms with van der Waals surface area (Å²) < 4.78 is 4.83. The van der Waals surface area contributed by atoms with Crippen molar-refractivity contribution in [2.75, 3.05) is 13.7 Å². The van der Waals surface area contributed by atoms with Gasteiger partial charge in [-0.1, -0.05) is 29.8 Å². The number of carbonyl (C=O) groups excluding carboxylic acids is 1. The van der Waals surface area contributed by atoms with Crippen molar-refractivity contribution in [2.45, 2.75) is 24.9 Å². The molecule has 1 aliphatic rings. The molecule has 104 valence electrons. The lowest BCUT2D eigenvalue weighted by molar-refractivity contribution is -0.147. The molecule has 1 aromatic carbocycles. The highest BCUT2D eigenvalue weighted by molar-refractivity contribution is 6.31. The third-order valence-electron chi connectivity index (χ3n) is 3.73. The Labute approximate surface area is 117 Å². The molecule has 0 radical (unpaired) electrons. The van der Waals surface area contributed by atoms with Gasteiger partial charge in [0.15, 0.2) is 0 Å². The van der Waals surface area contributed by atoms with E-state index in [1.54, 1.807) is 13.0 Å². The lowest BCUT2D eigenvalue weighted by Gasteiger charge is -2.23. The number of benzene rings is 1. The molecule has 0 amide bonds. The summed E-state index contributed by atoms with van der Waals surface area (Å²) >= 11 is 6.20. The molecule has 0 spiro atoms. The summed E-state index contributed by atoms with van der Waals surface area (Å²) in [6.07, 6.45) is 0.520. The summed E-state index contributed by atoms with van der Waals surface area (Å²) in [6.45, 7) is 1.79. The average molecular weight is 284 g/mol. The molecule has 0 aliphatic carbocycles. The number of hydrogen-bond donors (Lipinski definition) is 2. The van der Waals surface area contributed by atoms with E-state index in [9.17, 15) is 9.90 Å². The van der Waals surface area contributed by atoms with Gasteiger partial charge in [-0.15, -0.1) is 0 Å². The molecule has 0 unspecified atom stereocenters. The van der Waals surface area contributed by atoms with Crippen LogP contribution >= 0.6 is 11.6 Å². The highest BCUT2D eigenvalue weighted by Crippen LogP contribution is 2.40. The molecule has 1 aliphatic heterocycles. The molecule has 1 fully saturated rings. The topological polar surface area (TPSA) is 58.6 Å². The van der Waals surface area contributed by atoms with Gasteiger partial charge in [0.1, 0.15) is 5.54 Å². The number of nitrogens with one attached hydrogen (secondary N) is 1. The first-order chi connectivity index (χ1) is 9.01. The smallest absolute Gasteiger partial charge is 0.325 e. The molecule has 2 N–H and O–H groups in total. The van der Waals surface area contributed by atoms with E-state index in [0.717, 1.165) is 5.56 Å². The van der Waals surface area contributed by atoms with Gasteiger partial charge >= 0.3 is 5.97 Å². The molecule has 0 aromatic heterocycles. The van der Waals surface area contributed by atoms with Crippen molar-refractivity contribution < 1.29 is 14.6 Å². The number of aliphatic hydroxyl groups excluding tert-OH is 1. The molecule has 4 nitrogen and oxygen atoms in total. The van der Waals surface area contributed by atoms with Crippen LogP contribution in [-0.2, 0) is 9.53 Å². The second-order valence-corrected chi connectivity index (χ2v) is 5.52. The van der Waals surface area contributed by atoms with E-state index in [-0.39, 0.29) is 24.5 Å². The first-order valence-electron chi connectivity index (χ1n) is 6.23. The third kappa shape index (κ3) is 2.61. The number of ether oxygens (including phenoxy) is 1. The molecule has 1 saturated heterocycles. The van der Waals surface area contributed by atoms with E-state index in [4.69, 9.17) is 16.3 Å². The largest absolute Gasteiger partial charge is 0.468 e. The lowest BCUT2D eigenvalue weighted by Crippen LogP contribution is -2.46. The number of esters is 1. The zero-order valence-corrected chi connectivity index (χ0v) is 11.8. The maximum Gasteiger partial charge on any atom is 0.325 e. The van der Waals surface area contributed by atoms with Gasteiger partial charge in [0.2, 0.25) is 0 Å². The Kier molecular flexibility index (Phi) is 4.13. The molecular weight excluding hydrogens is 266 g/mol. The zero-order valence-electron chi connectivity index (χ0n) is 11.0. The average Bonchev–Trinajstić information content (AvgIpc) is 2.77. The van der Waals surface area contributed by atoms with Crippen LogP contribution < -0.4 is 5.32 Å². The van der Waals surface area contributed by atoms with Gasteiger partial charge in [-0.2, -0.15) is 0 Å². The van der Waals surface area contributed by atoms with Crippen molar-refractivity contribution in [3.63, 3.8) is 0 Å². The van der Waals surface area contributed by atoms with E-state index in [0.29, 0.717) is 11.4 Å².